The molecule has 0 radical (unpaired) electrons. The van der Waals surface area contributed by atoms with Gasteiger partial charge in [0.05, 0.1) is 18.6 Å². The van der Waals surface area contributed by atoms with E-state index in [1.165, 1.54) is 0 Å². The average molecular weight is 305 g/mol. The Morgan fingerprint density at radius 2 is 2.27 bits per heavy atom. The van der Waals surface area contributed by atoms with Gasteiger partial charge in [0.25, 0.3) is 0 Å². The van der Waals surface area contributed by atoms with Crippen molar-refractivity contribution in [3.63, 3.8) is 0 Å². The lowest BCUT2D eigenvalue weighted by molar-refractivity contribution is -0.135. The van der Waals surface area contributed by atoms with Crippen LogP contribution in [0.1, 0.15) is 63.7 Å². The van der Waals surface area contributed by atoms with E-state index in [0.717, 1.165) is 51.2 Å². The highest BCUT2D eigenvalue weighted by atomic mass is 16.5. The summed E-state index contributed by atoms with van der Waals surface area (Å²) in [7, 11) is 0. The molecule has 3 rings (SSSR count). The highest BCUT2D eigenvalue weighted by molar-refractivity contribution is 5.76. The van der Waals surface area contributed by atoms with Crippen LogP contribution in [0.4, 0.5) is 0 Å². The summed E-state index contributed by atoms with van der Waals surface area (Å²) in [6, 6.07) is 0.363. The molecule has 1 aromatic rings. The first-order chi connectivity index (χ1) is 10.6. The van der Waals surface area contributed by atoms with E-state index < -0.39 is 0 Å². The van der Waals surface area contributed by atoms with Crippen molar-refractivity contribution in [3.05, 3.63) is 18.2 Å². The molecule has 2 fully saturated rings. The van der Waals surface area contributed by atoms with Crippen molar-refractivity contribution in [1.82, 2.24) is 14.5 Å². The first-order valence-corrected chi connectivity index (χ1v) is 8.57. The SMILES string of the molecule is CC(C)c1nccn1C1CCCN(C(=O)CC2CCCO2)C1. The van der Waals surface area contributed by atoms with Crippen molar-refractivity contribution in [2.24, 2.45) is 0 Å². The van der Waals surface area contributed by atoms with E-state index >= 15 is 0 Å². The summed E-state index contributed by atoms with van der Waals surface area (Å²) in [5.41, 5.74) is 0. The van der Waals surface area contributed by atoms with E-state index in [-0.39, 0.29) is 12.0 Å². The second-order valence-corrected chi connectivity index (χ2v) is 6.82. The Morgan fingerprint density at radius 3 is 3.00 bits per heavy atom. The summed E-state index contributed by atoms with van der Waals surface area (Å²) in [5.74, 6) is 1.79. The van der Waals surface area contributed by atoms with E-state index in [2.05, 4.69) is 29.6 Å². The van der Waals surface area contributed by atoms with Crippen LogP contribution in [0.5, 0.6) is 0 Å². The Bertz CT molecular complexity index is 506. The number of hydrogen-bond acceptors (Lipinski definition) is 3. The summed E-state index contributed by atoms with van der Waals surface area (Å²) in [6.07, 6.45) is 8.95. The molecular weight excluding hydrogens is 278 g/mol. The maximum atomic E-state index is 12.5. The minimum absolute atomic E-state index is 0.146. The lowest BCUT2D eigenvalue weighted by Crippen LogP contribution is -2.42. The smallest absolute Gasteiger partial charge is 0.225 e. The molecule has 5 nitrogen and oxygen atoms in total. The largest absolute Gasteiger partial charge is 0.378 e. The number of hydrogen-bond donors (Lipinski definition) is 0. The number of rotatable bonds is 4. The predicted molar refractivity (Wildman–Crippen MR) is 84.8 cm³/mol. The fourth-order valence-electron chi connectivity index (χ4n) is 3.62. The number of amides is 1. The zero-order valence-electron chi connectivity index (χ0n) is 13.7. The van der Waals surface area contributed by atoms with Gasteiger partial charge in [0, 0.05) is 38.0 Å². The quantitative estimate of drug-likeness (QED) is 0.859. The zero-order chi connectivity index (χ0) is 15.5. The number of carbonyl (C=O) groups is 1. The molecule has 1 aromatic heterocycles. The van der Waals surface area contributed by atoms with E-state index in [1.807, 2.05) is 11.1 Å². The first kappa shape index (κ1) is 15.5. The topological polar surface area (TPSA) is 47.4 Å². The highest BCUT2D eigenvalue weighted by Crippen LogP contribution is 2.26. The normalized spacial score (nSPS) is 25.9. The Balaban J connectivity index is 1.63. The van der Waals surface area contributed by atoms with Crippen molar-refractivity contribution < 1.29 is 9.53 Å². The van der Waals surface area contributed by atoms with E-state index in [0.29, 0.717) is 18.4 Å². The standard InChI is InChI=1S/C17H27N3O2/c1-13(2)17-18-7-9-20(17)14-5-3-8-19(12-14)16(21)11-15-6-4-10-22-15/h7,9,13-15H,3-6,8,10-12H2,1-2H3. The van der Waals surface area contributed by atoms with Crippen LogP contribution in [0.25, 0.3) is 0 Å². The summed E-state index contributed by atoms with van der Waals surface area (Å²) >= 11 is 0. The molecule has 0 aromatic carbocycles. The molecule has 0 bridgehead atoms. The number of piperidine rings is 1. The van der Waals surface area contributed by atoms with Gasteiger partial charge in [0.1, 0.15) is 5.82 Å². The monoisotopic (exact) mass is 305 g/mol. The molecular formula is C17H27N3O2. The van der Waals surface area contributed by atoms with Crippen LogP contribution >= 0.6 is 0 Å². The molecule has 22 heavy (non-hydrogen) atoms. The number of carbonyl (C=O) groups excluding carboxylic acids is 1. The van der Waals surface area contributed by atoms with Gasteiger partial charge >= 0.3 is 0 Å². The molecule has 0 N–H and O–H groups in total. The van der Waals surface area contributed by atoms with Crippen LogP contribution in [-0.4, -0.2) is 46.2 Å². The Labute approximate surface area is 132 Å². The molecule has 2 atom stereocenters. The number of likely N-dealkylation sites (tertiary alicyclic amines) is 1. The van der Waals surface area contributed by atoms with Gasteiger partial charge in [0.2, 0.25) is 5.91 Å². The van der Waals surface area contributed by atoms with Gasteiger partial charge in [-0.2, -0.15) is 0 Å². The lowest BCUT2D eigenvalue weighted by Gasteiger charge is -2.35. The highest BCUT2D eigenvalue weighted by Gasteiger charge is 2.28. The molecule has 1 amide bonds. The molecule has 2 saturated heterocycles. The van der Waals surface area contributed by atoms with Gasteiger partial charge in [-0.3, -0.25) is 4.79 Å². The lowest BCUT2D eigenvalue weighted by atomic mass is 10.0. The van der Waals surface area contributed by atoms with Crippen LogP contribution in [0.3, 0.4) is 0 Å². The Morgan fingerprint density at radius 1 is 1.41 bits per heavy atom. The molecule has 5 heteroatoms. The van der Waals surface area contributed by atoms with Gasteiger partial charge in [-0.1, -0.05) is 13.8 Å². The molecule has 2 unspecified atom stereocenters. The number of imidazole rings is 1. The van der Waals surface area contributed by atoms with Crippen LogP contribution < -0.4 is 0 Å². The van der Waals surface area contributed by atoms with Gasteiger partial charge in [-0.05, 0) is 25.7 Å². The second-order valence-electron chi connectivity index (χ2n) is 6.82. The molecule has 0 saturated carbocycles. The molecule has 0 spiro atoms. The maximum absolute atomic E-state index is 12.5. The van der Waals surface area contributed by atoms with Crippen LogP contribution in [0.2, 0.25) is 0 Å². The molecule has 0 aliphatic carbocycles. The van der Waals surface area contributed by atoms with Crippen molar-refractivity contribution in [2.75, 3.05) is 19.7 Å². The van der Waals surface area contributed by atoms with Crippen molar-refractivity contribution in [2.45, 2.75) is 64.0 Å². The number of nitrogens with zero attached hydrogens (tertiary/aromatic N) is 3. The predicted octanol–water partition coefficient (Wildman–Crippen LogP) is 2.74. The van der Waals surface area contributed by atoms with Gasteiger partial charge < -0.3 is 14.2 Å². The average Bonchev–Trinajstić information content (AvgIpc) is 3.18. The molecule has 3 heterocycles. The summed E-state index contributed by atoms with van der Waals surface area (Å²) in [5, 5.41) is 0. The fraction of sp³-hybridized carbons (Fsp3) is 0.765. The Kier molecular flexibility index (Phi) is 4.81. The summed E-state index contributed by atoms with van der Waals surface area (Å²) in [4.78, 5) is 19.0. The number of ether oxygens (including phenoxy) is 1. The zero-order valence-corrected chi connectivity index (χ0v) is 13.7. The van der Waals surface area contributed by atoms with Gasteiger partial charge in [-0.25, -0.2) is 4.98 Å². The first-order valence-electron chi connectivity index (χ1n) is 8.57. The summed E-state index contributed by atoms with van der Waals surface area (Å²) in [6.45, 7) is 6.84. The number of aromatic nitrogens is 2. The van der Waals surface area contributed by atoms with Crippen LogP contribution in [0, 0.1) is 0 Å². The molecule has 2 aliphatic rings. The fourth-order valence-corrected chi connectivity index (χ4v) is 3.62. The third-order valence-corrected chi connectivity index (χ3v) is 4.78. The Hall–Kier alpha value is -1.36. The van der Waals surface area contributed by atoms with Crippen LogP contribution in [0.15, 0.2) is 12.4 Å². The van der Waals surface area contributed by atoms with Crippen molar-refractivity contribution >= 4 is 5.91 Å². The van der Waals surface area contributed by atoms with E-state index in [1.54, 1.807) is 0 Å². The third-order valence-electron chi connectivity index (χ3n) is 4.78. The minimum Gasteiger partial charge on any atom is -0.378 e. The van der Waals surface area contributed by atoms with E-state index in [4.69, 9.17) is 4.74 Å². The maximum Gasteiger partial charge on any atom is 0.225 e. The van der Waals surface area contributed by atoms with Crippen molar-refractivity contribution in [1.29, 1.82) is 0 Å². The van der Waals surface area contributed by atoms with Crippen LogP contribution in [-0.2, 0) is 9.53 Å². The minimum atomic E-state index is 0.146. The van der Waals surface area contributed by atoms with Gasteiger partial charge in [0.15, 0.2) is 0 Å². The molecule has 2 aliphatic heterocycles. The van der Waals surface area contributed by atoms with Crippen molar-refractivity contribution in [3.8, 4) is 0 Å². The third kappa shape index (κ3) is 3.35. The molecule has 122 valence electrons. The summed E-state index contributed by atoms with van der Waals surface area (Å²) < 4.78 is 7.88. The van der Waals surface area contributed by atoms with E-state index in [9.17, 15) is 4.79 Å². The van der Waals surface area contributed by atoms with Gasteiger partial charge in [-0.15, -0.1) is 0 Å². The second kappa shape index (κ2) is 6.82.